The number of benzene rings is 1. The summed E-state index contributed by atoms with van der Waals surface area (Å²) < 4.78 is 32.2. The number of carbonyl (C=O) groups excluding carboxylic acids is 1. The molecule has 1 aliphatic rings. The molecule has 0 radical (unpaired) electrons. The molecular formula is C17H23ClN4O4S. The molecule has 1 atom stereocenters. The maximum atomic E-state index is 12.5. The number of aromatic nitrogens is 1. The summed E-state index contributed by atoms with van der Waals surface area (Å²) >= 11 is 0. The van der Waals surface area contributed by atoms with E-state index in [2.05, 4.69) is 20.5 Å². The molecule has 1 unspecified atom stereocenters. The molecule has 10 heteroatoms. The number of fused-ring (bicyclic) bond motifs is 1. The normalized spacial score (nSPS) is 14.3. The monoisotopic (exact) mass is 414 g/mol. The molecule has 0 fully saturated rings. The Morgan fingerprint density at radius 1 is 1.30 bits per heavy atom. The number of amides is 1. The molecule has 1 amide bonds. The average molecular weight is 415 g/mol. The van der Waals surface area contributed by atoms with Crippen molar-refractivity contribution in [1.29, 1.82) is 0 Å². The molecule has 0 saturated heterocycles. The number of aryl methyl sites for hydroxylation is 2. The molecule has 27 heavy (non-hydrogen) atoms. The Hall–Kier alpha value is -1.94. The average Bonchev–Trinajstić information content (AvgIpc) is 3.17. The zero-order valence-electron chi connectivity index (χ0n) is 15.3. The fourth-order valence-corrected chi connectivity index (χ4v) is 4.54. The van der Waals surface area contributed by atoms with Crippen LogP contribution in [0.15, 0.2) is 27.6 Å². The molecule has 3 N–H and O–H groups in total. The van der Waals surface area contributed by atoms with Crippen LogP contribution in [0, 0.1) is 13.8 Å². The number of sulfonamides is 1. The number of nitrogens with one attached hydrogen (secondary N) is 3. The van der Waals surface area contributed by atoms with E-state index in [-0.39, 0.29) is 28.8 Å². The second-order valence-corrected chi connectivity index (χ2v) is 8.07. The van der Waals surface area contributed by atoms with E-state index in [9.17, 15) is 13.2 Å². The Morgan fingerprint density at radius 3 is 2.67 bits per heavy atom. The predicted octanol–water partition coefficient (Wildman–Crippen LogP) is 1.30. The van der Waals surface area contributed by atoms with Crippen LogP contribution in [0.5, 0.6) is 0 Å². The highest BCUT2D eigenvalue weighted by Gasteiger charge is 2.28. The molecule has 2 aromatic rings. The van der Waals surface area contributed by atoms with Gasteiger partial charge in [0, 0.05) is 19.6 Å². The highest BCUT2D eigenvalue weighted by molar-refractivity contribution is 7.89. The van der Waals surface area contributed by atoms with Crippen molar-refractivity contribution in [2.45, 2.75) is 51.3 Å². The third kappa shape index (κ3) is 4.67. The number of carbonyl (C=O) groups is 1. The lowest BCUT2D eigenvalue weighted by molar-refractivity contribution is -0.122. The van der Waals surface area contributed by atoms with E-state index in [0.717, 1.165) is 18.7 Å². The molecule has 1 aromatic heterocycles. The van der Waals surface area contributed by atoms with E-state index in [1.807, 2.05) is 18.2 Å². The fourth-order valence-electron chi connectivity index (χ4n) is 3.00. The minimum absolute atomic E-state index is 0. The number of halogens is 1. The Morgan fingerprint density at radius 2 is 2.00 bits per heavy atom. The summed E-state index contributed by atoms with van der Waals surface area (Å²) in [7, 11) is -3.89. The summed E-state index contributed by atoms with van der Waals surface area (Å²) in [5.74, 6) is -0.215. The second-order valence-electron chi connectivity index (χ2n) is 6.42. The zero-order valence-corrected chi connectivity index (χ0v) is 17.0. The van der Waals surface area contributed by atoms with Crippen LogP contribution < -0.4 is 15.4 Å². The lowest BCUT2D eigenvalue weighted by Gasteiger charge is -2.14. The lowest BCUT2D eigenvalue weighted by Crippen LogP contribution is -2.44. The van der Waals surface area contributed by atoms with Crippen LogP contribution in [-0.4, -0.2) is 25.5 Å². The molecule has 0 saturated carbocycles. The van der Waals surface area contributed by atoms with E-state index in [1.165, 1.54) is 25.0 Å². The predicted molar refractivity (Wildman–Crippen MR) is 102 cm³/mol. The maximum Gasteiger partial charge on any atom is 0.246 e. The first-order valence-electron chi connectivity index (χ1n) is 8.32. The van der Waals surface area contributed by atoms with Gasteiger partial charge in [-0.25, -0.2) is 8.42 Å². The van der Waals surface area contributed by atoms with E-state index in [1.54, 1.807) is 6.92 Å². The minimum atomic E-state index is -3.89. The summed E-state index contributed by atoms with van der Waals surface area (Å²) in [5, 5.41) is 9.67. The van der Waals surface area contributed by atoms with Gasteiger partial charge in [-0.2, -0.15) is 4.72 Å². The maximum absolute atomic E-state index is 12.5. The van der Waals surface area contributed by atoms with E-state index in [4.69, 9.17) is 4.52 Å². The van der Waals surface area contributed by atoms with E-state index < -0.39 is 22.0 Å². The van der Waals surface area contributed by atoms with Crippen molar-refractivity contribution in [3.63, 3.8) is 0 Å². The summed E-state index contributed by atoms with van der Waals surface area (Å²) in [6.45, 7) is 6.58. The number of hydrogen-bond acceptors (Lipinski definition) is 6. The summed E-state index contributed by atoms with van der Waals surface area (Å²) in [6.07, 6.45) is 0. The Bertz CT molecular complexity index is 923. The van der Waals surface area contributed by atoms with Gasteiger partial charge < -0.3 is 15.2 Å². The molecular weight excluding hydrogens is 392 g/mol. The molecule has 2 heterocycles. The van der Waals surface area contributed by atoms with E-state index >= 15 is 0 Å². The van der Waals surface area contributed by atoms with Gasteiger partial charge in [-0.1, -0.05) is 23.4 Å². The summed E-state index contributed by atoms with van der Waals surface area (Å²) in [5.41, 5.74) is 3.72. The van der Waals surface area contributed by atoms with Crippen LogP contribution in [0.4, 0.5) is 0 Å². The van der Waals surface area contributed by atoms with Gasteiger partial charge in [-0.15, -0.1) is 12.4 Å². The highest BCUT2D eigenvalue weighted by atomic mass is 35.5. The largest absolute Gasteiger partial charge is 0.360 e. The molecule has 8 nitrogen and oxygen atoms in total. The fraction of sp³-hybridized carbons (Fsp3) is 0.412. The van der Waals surface area contributed by atoms with Crippen molar-refractivity contribution in [3.8, 4) is 0 Å². The summed E-state index contributed by atoms with van der Waals surface area (Å²) in [6, 6.07) is 5.13. The zero-order chi connectivity index (χ0) is 18.9. The van der Waals surface area contributed by atoms with Crippen molar-refractivity contribution in [2.75, 3.05) is 0 Å². The van der Waals surface area contributed by atoms with Crippen LogP contribution in [0.3, 0.4) is 0 Å². The third-order valence-electron chi connectivity index (χ3n) is 4.33. The summed E-state index contributed by atoms with van der Waals surface area (Å²) in [4.78, 5) is 12.3. The third-order valence-corrected chi connectivity index (χ3v) is 6.11. The Balaban J connectivity index is 0.00000261. The molecule has 1 aromatic carbocycles. The molecule has 0 aliphatic carbocycles. The van der Waals surface area contributed by atoms with Crippen molar-refractivity contribution < 1.29 is 17.7 Å². The van der Waals surface area contributed by atoms with Crippen molar-refractivity contribution in [2.24, 2.45) is 0 Å². The second kappa shape index (κ2) is 8.39. The molecule has 0 spiro atoms. The first kappa shape index (κ1) is 21.4. The van der Waals surface area contributed by atoms with Gasteiger partial charge in [0.15, 0.2) is 5.76 Å². The van der Waals surface area contributed by atoms with Gasteiger partial charge in [-0.05, 0) is 37.5 Å². The van der Waals surface area contributed by atoms with Crippen LogP contribution >= 0.6 is 12.4 Å². The van der Waals surface area contributed by atoms with Crippen molar-refractivity contribution >= 4 is 28.3 Å². The topological polar surface area (TPSA) is 113 Å². The van der Waals surface area contributed by atoms with Gasteiger partial charge >= 0.3 is 0 Å². The first-order chi connectivity index (χ1) is 12.3. The van der Waals surface area contributed by atoms with Crippen LogP contribution in [0.1, 0.15) is 35.1 Å². The number of rotatable bonds is 6. The van der Waals surface area contributed by atoms with Gasteiger partial charge in [0.25, 0.3) is 0 Å². The van der Waals surface area contributed by atoms with Crippen LogP contribution in [0.25, 0.3) is 0 Å². The van der Waals surface area contributed by atoms with Crippen LogP contribution in [-0.2, 0) is 34.5 Å². The standard InChI is InChI=1S/C17H22N4O4S.ClH/c1-10-16(12(3)25-20-10)26(23,24)21-11(2)17(22)19-7-13-4-5-14-8-18-9-15(14)6-13;/h4-6,11,18,21H,7-9H2,1-3H3,(H,19,22);1H. The van der Waals surface area contributed by atoms with Gasteiger partial charge in [0.05, 0.1) is 6.04 Å². The molecule has 1 aliphatic heterocycles. The first-order valence-corrected chi connectivity index (χ1v) is 9.80. The smallest absolute Gasteiger partial charge is 0.246 e. The van der Waals surface area contributed by atoms with Gasteiger partial charge in [0.2, 0.25) is 15.9 Å². The van der Waals surface area contributed by atoms with Crippen molar-refractivity contribution in [3.05, 3.63) is 46.3 Å². The van der Waals surface area contributed by atoms with Crippen LogP contribution in [0.2, 0.25) is 0 Å². The molecule has 148 valence electrons. The molecule has 3 rings (SSSR count). The lowest BCUT2D eigenvalue weighted by atomic mass is 10.1. The quantitative estimate of drug-likeness (QED) is 0.656. The van der Waals surface area contributed by atoms with Crippen molar-refractivity contribution in [1.82, 2.24) is 20.5 Å². The Kier molecular flexibility index (Phi) is 6.63. The minimum Gasteiger partial charge on any atom is -0.360 e. The number of hydrogen-bond donors (Lipinski definition) is 3. The molecule has 0 bridgehead atoms. The van der Waals surface area contributed by atoms with Gasteiger partial charge in [0.1, 0.15) is 10.6 Å². The van der Waals surface area contributed by atoms with E-state index in [0.29, 0.717) is 6.54 Å². The number of nitrogens with zero attached hydrogens (tertiary/aromatic N) is 1. The highest BCUT2D eigenvalue weighted by Crippen LogP contribution is 2.19. The van der Waals surface area contributed by atoms with Gasteiger partial charge in [-0.3, -0.25) is 4.79 Å². The Labute approximate surface area is 164 Å². The SMILES string of the molecule is Cc1noc(C)c1S(=O)(=O)NC(C)C(=O)NCc1ccc2c(c1)CNC2.Cl.